The lowest BCUT2D eigenvalue weighted by Crippen LogP contribution is -2.38. The van der Waals surface area contributed by atoms with Crippen LogP contribution in [0.1, 0.15) is 23.5 Å². The van der Waals surface area contributed by atoms with Gasteiger partial charge < -0.3 is 24.6 Å². The first-order valence-corrected chi connectivity index (χ1v) is 16.1. The fourth-order valence-corrected chi connectivity index (χ4v) is 6.33. The summed E-state index contributed by atoms with van der Waals surface area (Å²) in [5, 5.41) is 12.5. The normalized spacial score (nSPS) is 16.9. The van der Waals surface area contributed by atoms with Crippen LogP contribution < -0.4 is 10.1 Å². The Morgan fingerprint density at radius 2 is 1.76 bits per heavy atom. The van der Waals surface area contributed by atoms with E-state index in [0.717, 1.165) is 14.7 Å². The molecule has 0 spiro atoms. The van der Waals surface area contributed by atoms with Gasteiger partial charge in [0.15, 0.2) is 5.76 Å². The van der Waals surface area contributed by atoms with E-state index in [9.17, 15) is 18.3 Å². The Balaban J connectivity index is 1.42. The van der Waals surface area contributed by atoms with Crippen LogP contribution in [0.5, 0.6) is 5.75 Å². The third kappa shape index (κ3) is 8.77. The summed E-state index contributed by atoms with van der Waals surface area (Å²) >= 11 is 2.24. The van der Waals surface area contributed by atoms with Gasteiger partial charge in [0, 0.05) is 35.5 Å². The van der Waals surface area contributed by atoms with Gasteiger partial charge in [-0.1, -0.05) is 42.5 Å². The molecule has 42 heavy (non-hydrogen) atoms. The zero-order valence-corrected chi connectivity index (χ0v) is 26.3. The predicted octanol–water partition coefficient (Wildman–Crippen LogP) is 4.07. The van der Waals surface area contributed by atoms with Crippen LogP contribution in [0.15, 0.2) is 95.6 Å². The molecule has 0 radical (unpaired) electrons. The highest BCUT2D eigenvalue weighted by atomic mass is 127. The van der Waals surface area contributed by atoms with Crippen molar-refractivity contribution in [1.82, 2.24) is 9.62 Å². The summed E-state index contributed by atoms with van der Waals surface area (Å²) in [5.74, 6) is 0.239. The van der Waals surface area contributed by atoms with E-state index in [1.54, 1.807) is 12.1 Å². The number of amides is 1. The predicted molar refractivity (Wildman–Crippen MR) is 167 cm³/mol. The number of hydrogen-bond donors (Lipinski definition) is 2. The summed E-state index contributed by atoms with van der Waals surface area (Å²) in [7, 11) is -2.38. The minimum atomic E-state index is -3.89. The topological polar surface area (TPSA) is 114 Å². The van der Waals surface area contributed by atoms with Gasteiger partial charge in [-0.2, -0.15) is 4.31 Å². The molecule has 0 saturated carbocycles. The van der Waals surface area contributed by atoms with Gasteiger partial charge in [-0.15, -0.1) is 0 Å². The van der Waals surface area contributed by atoms with Crippen LogP contribution in [-0.2, 0) is 30.7 Å². The van der Waals surface area contributed by atoms with Crippen LogP contribution in [0, 0.1) is 3.57 Å². The first kappa shape index (κ1) is 32.0. The fraction of sp³-hybridized carbons (Fsp3) is 0.323. The summed E-state index contributed by atoms with van der Waals surface area (Å²) in [6.45, 7) is 0.00000323. The van der Waals surface area contributed by atoms with Gasteiger partial charge in [0.25, 0.3) is 5.91 Å². The second-order valence-corrected chi connectivity index (χ2v) is 12.8. The van der Waals surface area contributed by atoms with E-state index >= 15 is 0 Å². The zero-order chi connectivity index (χ0) is 30.0. The van der Waals surface area contributed by atoms with Crippen molar-refractivity contribution in [2.45, 2.75) is 29.9 Å². The lowest BCUT2D eigenvalue weighted by Gasteiger charge is -2.30. The van der Waals surface area contributed by atoms with E-state index in [1.165, 1.54) is 23.5 Å². The number of sulfonamides is 1. The number of aliphatic hydroxyl groups is 1. The molecular weight excluding hydrogens is 671 g/mol. The molecule has 0 aliphatic carbocycles. The number of benzene rings is 3. The molecule has 1 aliphatic heterocycles. The maximum absolute atomic E-state index is 13.2. The molecule has 1 heterocycles. The van der Waals surface area contributed by atoms with Crippen LogP contribution >= 0.6 is 22.6 Å². The molecule has 1 amide bonds. The molecule has 2 N–H and O–H groups in total. The van der Waals surface area contributed by atoms with Gasteiger partial charge >= 0.3 is 0 Å². The van der Waals surface area contributed by atoms with E-state index in [-0.39, 0.29) is 48.8 Å². The number of hydrogen-bond acceptors (Lipinski definition) is 7. The highest BCUT2D eigenvalue weighted by Gasteiger charge is 2.30. The van der Waals surface area contributed by atoms with Gasteiger partial charge in [0.1, 0.15) is 5.75 Å². The Morgan fingerprint density at radius 3 is 2.43 bits per heavy atom. The van der Waals surface area contributed by atoms with Crippen LogP contribution in [0.2, 0.25) is 0 Å². The molecule has 11 heteroatoms. The van der Waals surface area contributed by atoms with E-state index in [4.69, 9.17) is 14.2 Å². The van der Waals surface area contributed by atoms with Gasteiger partial charge in [0.2, 0.25) is 16.3 Å². The number of allylic oxidation sites excluding steroid dienone is 1. The first-order valence-electron chi connectivity index (χ1n) is 13.6. The summed E-state index contributed by atoms with van der Waals surface area (Å²) in [6, 6.07) is 24.0. The number of aliphatic hydroxyl groups excluding tert-OH is 1. The molecule has 4 rings (SSSR count). The number of ether oxygens (including phenoxy) is 3. The lowest BCUT2D eigenvalue weighted by molar-refractivity contribution is -0.146. The second kappa shape index (κ2) is 15.5. The Hall–Kier alpha value is -2.97. The molecule has 2 atom stereocenters. The molecule has 0 aromatic heterocycles. The summed E-state index contributed by atoms with van der Waals surface area (Å²) < 4.78 is 45.8. The molecule has 3 aromatic rings. The maximum Gasteiger partial charge on any atom is 0.286 e. The molecule has 3 aromatic carbocycles. The quantitative estimate of drug-likeness (QED) is 0.243. The van der Waals surface area contributed by atoms with Crippen LogP contribution in [0.4, 0.5) is 0 Å². The highest BCUT2D eigenvalue weighted by Crippen LogP contribution is 2.32. The van der Waals surface area contributed by atoms with Crippen molar-refractivity contribution in [3.8, 4) is 5.75 Å². The fourth-order valence-electron chi connectivity index (χ4n) is 4.56. The van der Waals surface area contributed by atoms with E-state index in [1.807, 2.05) is 60.7 Å². The Labute approximate surface area is 260 Å². The average molecular weight is 707 g/mol. The number of halogens is 1. The lowest BCUT2D eigenvalue weighted by atomic mass is 9.93. The molecule has 0 unspecified atom stereocenters. The molecule has 1 aliphatic rings. The minimum Gasteiger partial charge on any atom is -0.497 e. The Bertz CT molecular complexity index is 1430. The molecule has 0 bridgehead atoms. The molecule has 0 fully saturated rings. The summed E-state index contributed by atoms with van der Waals surface area (Å²) in [6.07, 6.45) is 2.18. The molecule has 0 saturated heterocycles. The highest BCUT2D eigenvalue weighted by molar-refractivity contribution is 14.1. The van der Waals surface area contributed by atoms with Crippen molar-refractivity contribution in [3.63, 3.8) is 0 Å². The maximum atomic E-state index is 13.2. The third-order valence-corrected chi connectivity index (χ3v) is 9.44. The Kier molecular flexibility index (Phi) is 11.8. The van der Waals surface area contributed by atoms with Crippen molar-refractivity contribution in [3.05, 3.63) is 105 Å². The van der Waals surface area contributed by atoms with Gasteiger partial charge in [-0.25, -0.2) is 8.42 Å². The summed E-state index contributed by atoms with van der Waals surface area (Å²) in [4.78, 5) is 13.2. The van der Waals surface area contributed by atoms with Crippen molar-refractivity contribution in [2.24, 2.45) is 0 Å². The molecule has 224 valence electrons. The second-order valence-electron chi connectivity index (χ2n) is 9.64. The van der Waals surface area contributed by atoms with Crippen LogP contribution in [-0.4, -0.2) is 70.0 Å². The van der Waals surface area contributed by atoms with E-state index in [0.29, 0.717) is 25.1 Å². The van der Waals surface area contributed by atoms with Gasteiger partial charge in [0.05, 0.1) is 25.2 Å². The van der Waals surface area contributed by atoms with Gasteiger partial charge in [-0.3, -0.25) is 4.79 Å². The molecular formula is C31H35IN2O7S. The first-order chi connectivity index (χ1) is 20.3. The standard InChI is InChI=1S/C31H35IN2O7S/c1-39-27-11-13-28(14-12-27)42(37,38)34(17-19-35)18-20-40-30-22-25(24-7-9-26(32)10-8-24)21-29(41-30)31(36)33-16-15-23-5-3-2-4-6-23/h2-14,21,25,30,35H,15-20,22H2,1H3,(H,33,36)/t25-,30+/m0/s1. The monoisotopic (exact) mass is 706 g/mol. The number of methoxy groups -OCH3 is 1. The average Bonchev–Trinajstić information content (AvgIpc) is 3.01. The van der Waals surface area contributed by atoms with Crippen molar-refractivity contribution in [2.75, 3.05) is 40.0 Å². The molecule has 9 nitrogen and oxygen atoms in total. The number of nitrogens with zero attached hydrogens (tertiary/aromatic N) is 1. The van der Waals surface area contributed by atoms with Crippen molar-refractivity contribution in [1.29, 1.82) is 0 Å². The number of rotatable bonds is 14. The van der Waals surface area contributed by atoms with Crippen LogP contribution in [0.3, 0.4) is 0 Å². The number of nitrogens with one attached hydrogen (secondary N) is 1. The van der Waals surface area contributed by atoms with Crippen LogP contribution in [0.25, 0.3) is 0 Å². The van der Waals surface area contributed by atoms with Crippen molar-refractivity contribution < 1.29 is 32.5 Å². The smallest absolute Gasteiger partial charge is 0.286 e. The van der Waals surface area contributed by atoms with E-state index < -0.39 is 16.3 Å². The number of carbonyl (C=O) groups excluding carboxylic acids is 1. The number of carbonyl (C=O) groups is 1. The van der Waals surface area contributed by atoms with Gasteiger partial charge in [-0.05, 0) is 82.6 Å². The minimum absolute atomic E-state index is 0.00235. The van der Waals surface area contributed by atoms with Crippen molar-refractivity contribution >= 4 is 38.5 Å². The third-order valence-electron chi connectivity index (χ3n) is 6.81. The summed E-state index contributed by atoms with van der Waals surface area (Å²) in [5.41, 5.74) is 2.14. The Morgan fingerprint density at radius 1 is 1.05 bits per heavy atom. The van der Waals surface area contributed by atoms with E-state index in [2.05, 4.69) is 27.9 Å². The largest absolute Gasteiger partial charge is 0.497 e. The SMILES string of the molecule is COc1ccc(S(=O)(=O)N(CCO)CCO[C@H]2C[C@@H](c3ccc(I)cc3)C=C(C(=O)NCCc3ccccc3)O2)cc1. The zero-order valence-electron chi connectivity index (χ0n) is 23.3.